The largest absolute Gasteiger partial charge is 0.490 e. The van der Waals surface area contributed by atoms with Crippen LogP contribution in [0.2, 0.25) is 0 Å². The number of hydrogen-bond acceptors (Lipinski definition) is 9. The Hall–Kier alpha value is -5.38. The van der Waals surface area contributed by atoms with Gasteiger partial charge in [-0.1, -0.05) is 17.3 Å². The monoisotopic (exact) mass is 714 g/mol. The van der Waals surface area contributed by atoms with E-state index >= 15 is 0 Å². The third kappa shape index (κ3) is 13.3. The fraction of sp³-hybridized carbons (Fsp3) is 0.296. The van der Waals surface area contributed by atoms with E-state index < -0.39 is 36.4 Å². The topological polar surface area (TPSA) is 180 Å². The minimum Gasteiger partial charge on any atom is -0.475 e. The lowest BCUT2D eigenvalue weighted by atomic mass is 10.1. The third-order valence-electron chi connectivity index (χ3n) is 5.75. The van der Waals surface area contributed by atoms with Crippen molar-refractivity contribution in [2.24, 2.45) is 0 Å². The van der Waals surface area contributed by atoms with Crippen LogP contribution in [0.15, 0.2) is 67.3 Å². The molecule has 1 saturated heterocycles. The molecule has 0 bridgehead atoms. The number of ether oxygens (including phenoxy) is 1. The van der Waals surface area contributed by atoms with Crippen molar-refractivity contribution < 1.29 is 74.0 Å². The van der Waals surface area contributed by atoms with Crippen LogP contribution in [0.25, 0.3) is 16.6 Å². The molecule has 1 aliphatic rings. The van der Waals surface area contributed by atoms with Crippen LogP contribution in [0.5, 0.6) is 0 Å². The van der Waals surface area contributed by atoms with E-state index in [1.54, 1.807) is 12.4 Å². The number of aliphatic carboxylic acids is 3. The number of carbonyl (C=O) groups is 3. The zero-order valence-electron chi connectivity index (χ0n) is 24.3. The lowest BCUT2D eigenvalue weighted by Crippen LogP contribution is -2.38. The van der Waals surface area contributed by atoms with Gasteiger partial charge in [-0.3, -0.25) is 14.9 Å². The Morgan fingerprint density at radius 3 is 1.82 bits per heavy atom. The van der Waals surface area contributed by atoms with E-state index in [0.717, 1.165) is 47.7 Å². The van der Waals surface area contributed by atoms with Gasteiger partial charge < -0.3 is 20.1 Å². The first kappa shape index (κ1) is 39.8. The van der Waals surface area contributed by atoms with E-state index in [4.69, 9.17) is 34.4 Å². The molecule has 0 amide bonds. The summed E-state index contributed by atoms with van der Waals surface area (Å²) in [4.78, 5) is 37.5. The first-order valence-corrected chi connectivity index (χ1v) is 13.1. The highest BCUT2D eigenvalue weighted by atomic mass is 19.4. The van der Waals surface area contributed by atoms with Crippen LogP contribution < -0.4 is 0 Å². The molecule has 0 aromatic carbocycles. The van der Waals surface area contributed by atoms with Crippen molar-refractivity contribution in [2.75, 3.05) is 19.7 Å². The SMILES string of the molecule is O=C(O)C(F)(F)F.O=C(O)C(F)(F)F.O=C(O)C(F)(F)F.c1ccc(CN2CCOC(c3nnn4cc(-c5ccncc5)ccc34)C2)nc1. The Kier molecular flexibility index (Phi) is 13.9. The first-order chi connectivity index (χ1) is 22.7. The average molecular weight is 714 g/mol. The molecule has 4 aromatic rings. The molecule has 3 N–H and O–H groups in total. The Morgan fingerprint density at radius 2 is 1.33 bits per heavy atom. The lowest BCUT2D eigenvalue weighted by molar-refractivity contribution is -0.193. The number of rotatable bonds is 4. The molecule has 0 aliphatic carbocycles. The highest BCUT2D eigenvalue weighted by Gasteiger charge is 2.39. The second-order valence-electron chi connectivity index (χ2n) is 9.28. The van der Waals surface area contributed by atoms with Gasteiger partial charge in [-0.05, 0) is 35.9 Å². The zero-order valence-corrected chi connectivity index (χ0v) is 24.3. The maximum atomic E-state index is 10.6. The number of carboxylic acids is 3. The number of pyridine rings is 3. The van der Waals surface area contributed by atoms with Crippen molar-refractivity contribution in [2.45, 2.75) is 31.2 Å². The molecule has 1 atom stereocenters. The molecule has 0 radical (unpaired) electrons. The smallest absolute Gasteiger partial charge is 0.475 e. The van der Waals surface area contributed by atoms with E-state index in [9.17, 15) is 39.5 Å². The van der Waals surface area contributed by atoms with E-state index in [2.05, 4.69) is 43.4 Å². The highest BCUT2D eigenvalue weighted by molar-refractivity contribution is 5.73. The van der Waals surface area contributed by atoms with Crippen LogP contribution in [0.4, 0.5) is 39.5 Å². The Morgan fingerprint density at radius 1 is 0.776 bits per heavy atom. The van der Waals surface area contributed by atoms with Crippen molar-refractivity contribution in [3.05, 3.63) is 78.6 Å². The van der Waals surface area contributed by atoms with E-state index in [1.807, 2.05) is 41.2 Å². The fourth-order valence-electron chi connectivity index (χ4n) is 3.59. The lowest BCUT2D eigenvalue weighted by Gasteiger charge is -2.31. The zero-order chi connectivity index (χ0) is 37.0. The summed E-state index contributed by atoms with van der Waals surface area (Å²) in [6, 6.07) is 14.1. The molecule has 266 valence electrons. The molecule has 1 fully saturated rings. The number of carboxylic acid groups (broad SMARTS) is 3. The van der Waals surface area contributed by atoms with Gasteiger partial charge in [0.25, 0.3) is 0 Å². The van der Waals surface area contributed by atoms with Gasteiger partial charge in [0.2, 0.25) is 0 Å². The van der Waals surface area contributed by atoms with Crippen LogP contribution in [0.3, 0.4) is 0 Å². The quantitative estimate of drug-likeness (QED) is 0.249. The maximum Gasteiger partial charge on any atom is 0.490 e. The van der Waals surface area contributed by atoms with Crippen LogP contribution >= 0.6 is 0 Å². The minimum atomic E-state index is -5.08. The summed E-state index contributed by atoms with van der Waals surface area (Å²) in [5.74, 6) is -8.27. The summed E-state index contributed by atoms with van der Waals surface area (Å²) in [5, 5.41) is 30.1. The minimum absolute atomic E-state index is 0.0956. The summed E-state index contributed by atoms with van der Waals surface area (Å²) in [5.41, 5.74) is 5.10. The second-order valence-corrected chi connectivity index (χ2v) is 9.28. The van der Waals surface area contributed by atoms with Gasteiger partial charge in [-0.25, -0.2) is 18.9 Å². The normalized spacial score (nSPS) is 15.0. The van der Waals surface area contributed by atoms with Gasteiger partial charge in [0.05, 0.1) is 17.8 Å². The first-order valence-electron chi connectivity index (χ1n) is 13.1. The molecule has 1 unspecified atom stereocenters. The van der Waals surface area contributed by atoms with E-state index in [-0.39, 0.29) is 6.10 Å². The third-order valence-corrected chi connectivity index (χ3v) is 5.75. The summed E-state index contributed by atoms with van der Waals surface area (Å²) in [6.07, 6.45) is -7.94. The predicted molar refractivity (Wildman–Crippen MR) is 145 cm³/mol. The number of hydrogen-bond donors (Lipinski definition) is 3. The number of fused-ring (bicyclic) bond motifs is 1. The summed E-state index contributed by atoms with van der Waals surface area (Å²) < 4.78 is 103. The number of nitrogens with zero attached hydrogens (tertiary/aromatic N) is 6. The highest BCUT2D eigenvalue weighted by Crippen LogP contribution is 2.27. The molecule has 4 aromatic heterocycles. The van der Waals surface area contributed by atoms with Gasteiger partial charge in [0.1, 0.15) is 11.8 Å². The Bertz CT molecular complexity index is 1610. The van der Waals surface area contributed by atoms with Gasteiger partial charge in [0, 0.05) is 50.0 Å². The summed E-state index contributed by atoms with van der Waals surface area (Å²) in [6.45, 7) is 3.15. The van der Waals surface area contributed by atoms with Gasteiger partial charge >= 0.3 is 36.4 Å². The van der Waals surface area contributed by atoms with E-state index in [1.165, 1.54) is 0 Å². The average Bonchev–Trinajstić information content (AvgIpc) is 3.45. The molecular formula is C27H23F9N6O7. The molecule has 0 saturated carbocycles. The van der Waals surface area contributed by atoms with Crippen molar-refractivity contribution in [1.82, 2.24) is 29.7 Å². The molecule has 5 rings (SSSR count). The molecule has 22 heteroatoms. The molecule has 0 spiro atoms. The van der Waals surface area contributed by atoms with Gasteiger partial charge in [-0.15, -0.1) is 5.10 Å². The molecule has 1 aliphatic heterocycles. The van der Waals surface area contributed by atoms with Crippen molar-refractivity contribution in [3.63, 3.8) is 0 Å². The summed E-state index contributed by atoms with van der Waals surface area (Å²) in [7, 11) is 0. The number of morpholine rings is 1. The number of halogens is 9. The molecular weight excluding hydrogens is 691 g/mol. The molecule has 13 nitrogen and oxygen atoms in total. The second kappa shape index (κ2) is 17.1. The van der Waals surface area contributed by atoms with Crippen molar-refractivity contribution in [3.8, 4) is 11.1 Å². The predicted octanol–water partition coefficient (Wildman–Crippen LogP) is 4.66. The molecule has 49 heavy (non-hydrogen) atoms. The fourth-order valence-corrected chi connectivity index (χ4v) is 3.59. The van der Waals surface area contributed by atoms with E-state index in [0.29, 0.717) is 6.61 Å². The Balaban J connectivity index is 0.000000325. The van der Waals surface area contributed by atoms with Crippen molar-refractivity contribution in [1.29, 1.82) is 0 Å². The van der Waals surface area contributed by atoms with Gasteiger partial charge in [-0.2, -0.15) is 39.5 Å². The summed E-state index contributed by atoms with van der Waals surface area (Å²) >= 11 is 0. The van der Waals surface area contributed by atoms with Crippen LogP contribution in [0.1, 0.15) is 17.5 Å². The maximum absolute atomic E-state index is 10.6. The Labute approximate surface area is 268 Å². The van der Waals surface area contributed by atoms with Crippen LogP contribution in [-0.4, -0.2) is 101 Å². The van der Waals surface area contributed by atoms with Gasteiger partial charge in [0.15, 0.2) is 0 Å². The number of alkyl halides is 9. The van der Waals surface area contributed by atoms with Crippen molar-refractivity contribution >= 4 is 23.4 Å². The standard InChI is InChI=1S/C21H20N6O.3C2HF3O2/c1-2-8-23-18(3-1)14-26-11-12-28-20(15-26)21-19-5-4-17(13-27(19)25-24-21)16-6-9-22-10-7-16;3*3-2(4,5)1(6)7/h1-10,13,20H,11-12,14-15H2;3*(H,6,7). The van der Waals surface area contributed by atoms with Crippen LogP contribution in [-0.2, 0) is 25.7 Å². The number of aromatic nitrogens is 5. The van der Waals surface area contributed by atoms with Crippen LogP contribution in [0, 0.1) is 0 Å². The molecule has 5 heterocycles.